The van der Waals surface area contributed by atoms with E-state index in [0.717, 1.165) is 37.8 Å². The van der Waals surface area contributed by atoms with Crippen molar-refractivity contribution in [3.63, 3.8) is 0 Å². The average molecular weight is 435 g/mol. The van der Waals surface area contributed by atoms with Gasteiger partial charge in [0.25, 0.3) is 0 Å². The van der Waals surface area contributed by atoms with Crippen LogP contribution in [0.2, 0.25) is 0 Å². The number of Topliss-reactive ketones (excluding diaryl/α,β-unsaturated/α-hetero) is 1. The van der Waals surface area contributed by atoms with Crippen molar-refractivity contribution in [1.82, 2.24) is 0 Å². The van der Waals surface area contributed by atoms with Crippen LogP contribution in [0.15, 0.2) is 36.4 Å². The Bertz CT molecular complexity index is 744. The second-order valence-electron chi connectivity index (χ2n) is 8.11. The Labute approximate surface area is 184 Å². The lowest BCUT2D eigenvalue weighted by Gasteiger charge is -2.24. The zero-order valence-corrected chi connectivity index (χ0v) is 18.8. The van der Waals surface area contributed by atoms with Crippen molar-refractivity contribution in [2.75, 3.05) is 6.61 Å². The van der Waals surface area contributed by atoms with E-state index in [1.165, 1.54) is 13.8 Å². The van der Waals surface area contributed by atoms with Gasteiger partial charge >= 0.3 is 11.9 Å². The van der Waals surface area contributed by atoms with Gasteiger partial charge in [0.05, 0.1) is 0 Å². The topological polar surface area (TPSA) is 110 Å². The second-order valence-corrected chi connectivity index (χ2v) is 8.11. The summed E-state index contributed by atoms with van der Waals surface area (Å²) in [6.45, 7) is 7.09. The fraction of sp³-hybridized carbons (Fsp3) is 0.542. The fourth-order valence-corrected chi connectivity index (χ4v) is 3.10. The van der Waals surface area contributed by atoms with Gasteiger partial charge in [-0.25, -0.2) is 9.59 Å². The predicted octanol–water partition coefficient (Wildman–Crippen LogP) is 4.18. The molecule has 0 aromatic heterocycles. The number of ketones is 1. The number of ether oxygens (including phenoxy) is 2. The molecule has 2 unspecified atom stereocenters. The third kappa shape index (κ3) is 10.3. The first kappa shape index (κ1) is 26.4. The Balaban J connectivity index is 2.88. The highest BCUT2D eigenvalue weighted by atomic mass is 16.6. The molecule has 0 heterocycles. The molecule has 0 amide bonds. The number of carboxylic acids is 1. The number of carbonyl (C=O) groups is 3. The average Bonchev–Trinajstić information content (AvgIpc) is 2.72. The minimum Gasteiger partial charge on any atom is -0.487 e. The molecule has 172 valence electrons. The van der Waals surface area contributed by atoms with Crippen molar-refractivity contribution in [1.29, 1.82) is 0 Å². The molecule has 0 saturated heterocycles. The molecule has 7 heteroatoms. The molecular weight excluding hydrogens is 400 g/mol. The van der Waals surface area contributed by atoms with Crippen molar-refractivity contribution in [2.24, 2.45) is 5.92 Å². The maximum atomic E-state index is 12.2. The van der Waals surface area contributed by atoms with Gasteiger partial charge in [0.1, 0.15) is 24.1 Å². The summed E-state index contributed by atoms with van der Waals surface area (Å²) in [4.78, 5) is 34.5. The first-order valence-corrected chi connectivity index (χ1v) is 10.7. The van der Waals surface area contributed by atoms with Gasteiger partial charge in [-0.3, -0.25) is 4.79 Å². The summed E-state index contributed by atoms with van der Waals surface area (Å²) >= 11 is 0. The summed E-state index contributed by atoms with van der Waals surface area (Å²) in [5.74, 6) is -1.45. The fourth-order valence-electron chi connectivity index (χ4n) is 3.10. The minimum absolute atomic E-state index is 0.0181. The van der Waals surface area contributed by atoms with Crippen LogP contribution in [0.4, 0.5) is 0 Å². The number of aliphatic carboxylic acids is 1. The van der Waals surface area contributed by atoms with Crippen LogP contribution in [0, 0.1) is 5.92 Å². The summed E-state index contributed by atoms with van der Waals surface area (Å²) in [6.07, 6.45) is 6.05. The van der Waals surface area contributed by atoms with Gasteiger partial charge in [0, 0.05) is 17.7 Å². The largest absolute Gasteiger partial charge is 0.487 e. The highest BCUT2D eigenvalue weighted by molar-refractivity contribution is 6.01. The Morgan fingerprint density at radius 1 is 1.10 bits per heavy atom. The quantitative estimate of drug-likeness (QED) is 0.257. The number of benzene rings is 1. The van der Waals surface area contributed by atoms with Crippen LogP contribution >= 0.6 is 0 Å². The maximum absolute atomic E-state index is 12.2. The first-order chi connectivity index (χ1) is 14.6. The third-order valence-electron chi connectivity index (χ3n) is 4.89. The number of rotatable bonds is 14. The standard InChI is InChI=1S/C24H34O7/c1-5-7-8-17(6-2)15-20(16-30-22(27)14-13-21(25)26)31-19-11-9-18(10-12-19)23(28)24(3,4)29/h9-14,17,20,29H,5-8,15-16H2,1-4H3,(H,25,26)/b14-13+. The lowest BCUT2D eigenvalue weighted by atomic mass is 9.93. The van der Waals surface area contributed by atoms with Crippen LogP contribution in [0.1, 0.15) is 70.2 Å². The maximum Gasteiger partial charge on any atom is 0.331 e. The molecule has 0 aliphatic rings. The van der Waals surface area contributed by atoms with Crippen molar-refractivity contribution >= 4 is 17.7 Å². The van der Waals surface area contributed by atoms with E-state index in [-0.39, 0.29) is 12.4 Å². The molecule has 1 aromatic rings. The number of carbonyl (C=O) groups excluding carboxylic acids is 2. The van der Waals surface area contributed by atoms with E-state index in [9.17, 15) is 19.5 Å². The molecule has 2 atom stereocenters. The van der Waals surface area contributed by atoms with Crippen LogP contribution in [0.3, 0.4) is 0 Å². The highest BCUT2D eigenvalue weighted by Gasteiger charge is 2.25. The number of hydrogen-bond acceptors (Lipinski definition) is 6. The molecule has 31 heavy (non-hydrogen) atoms. The summed E-state index contributed by atoms with van der Waals surface area (Å²) < 4.78 is 11.2. The lowest BCUT2D eigenvalue weighted by Crippen LogP contribution is -2.31. The zero-order valence-electron chi connectivity index (χ0n) is 18.8. The van der Waals surface area contributed by atoms with E-state index in [2.05, 4.69) is 13.8 Å². The van der Waals surface area contributed by atoms with Crippen LogP contribution in [0.5, 0.6) is 5.75 Å². The lowest BCUT2D eigenvalue weighted by molar-refractivity contribution is -0.141. The molecule has 0 aliphatic carbocycles. The van der Waals surface area contributed by atoms with Crippen molar-refractivity contribution < 1.29 is 34.1 Å². The van der Waals surface area contributed by atoms with Gasteiger partial charge in [-0.2, -0.15) is 0 Å². The van der Waals surface area contributed by atoms with Crippen LogP contribution < -0.4 is 4.74 Å². The van der Waals surface area contributed by atoms with Gasteiger partial charge in [0.15, 0.2) is 5.78 Å². The van der Waals surface area contributed by atoms with Crippen molar-refractivity contribution in [3.05, 3.63) is 42.0 Å². The molecule has 2 N–H and O–H groups in total. The molecule has 0 bridgehead atoms. The number of carboxylic acid groups (broad SMARTS) is 1. The van der Waals surface area contributed by atoms with Crippen molar-refractivity contribution in [2.45, 2.75) is 71.5 Å². The summed E-state index contributed by atoms with van der Waals surface area (Å²) in [7, 11) is 0. The molecule has 0 radical (unpaired) electrons. The molecule has 1 aromatic carbocycles. The SMILES string of the molecule is CCCCC(CC)CC(COC(=O)/C=C/C(=O)O)Oc1ccc(C(=O)C(C)(C)O)cc1. The molecular formula is C24H34O7. The van der Waals surface area contributed by atoms with Gasteiger partial charge < -0.3 is 19.7 Å². The summed E-state index contributed by atoms with van der Waals surface area (Å²) in [5, 5.41) is 18.5. The molecule has 0 saturated carbocycles. The highest BCUT2D eigenvalue weighted by Crippen LogP contribution is 2.23. The number of hydrogen-bond donors (Lipinski definition) is 2. The Morgan fingerprint density at radius 3 is 2.26 bits per heavy atom. The Hall–Kier alpha value is -2.67. The third-order valence-corrected chi connectivity index (χ3v) is 4.89. The predicted molar refractivity (Wildman–Crippen MR) is 117 cm³/mol. The van der Waals surface area contributed by atoms with Crippen LogP contribution in [-0.4, -0.2) is 46.2 Å². The monoisotopic (exact) mass is 434 g/mol. The number of unbranched alkanes of at least 4 members (excludes halogenated alkanes) is 1. The van der Waals surface area contributed by atoms with E-state index in [0.29, 0.717) is 23.7 Å². The van der Waals surface area contributed by atoms with E-state index in [1.54, 1.807) is 24.3 Å². The van der Waals surface area contributed by atoms with E-state index in [4.69, 9.17) is 14.6 Å². The molecule has 0 spiro atoms. The van der Waals surface area contributed by atoms with Gasteiger partial charge in [-0.05, 0) is 50.5 Å². The Kier molecular flexibility index (Phi) is 11.0. The molecule has 0 fully saturated rings. The van der Waals surface area contributed by atoms with E-state index < -0.39 is 23.6 Å². The summed E-state index contributed by atoms with van der Waals surface area (Å²) in [6, 6.07) is 6.46. The van der Waals surface area contributed by atoms with Gasteiger partial charge in [-0.1, -0.05) is 39.5 Å². The number of esters is 1. The van der Waals surface area contributed by atoms with Crippen LogP contribution in [0.25, 0.3) is 0 Å². The smallest absolute Gasteiger partial charge is 0.331 e. The van der Waals surface area contributed by atoms with Gasteiger partial charge in [-0.15, -0.1) is 0 Å². The Morgan fingerprint density at radius 2 is 1.74 bits per heavy atom. The first-order valence-electron chi connectivity index (χ1n) is 10.7. The van der Waals surface area contributed by atoms with E-state index >= 15 is 0 Å². The molecule has 0 aliphatic heterocycles. The van der Waals surface area contributed by atoms with Crippen LogP contribution in [-0.2, 0) is 14.3 Å². The zero-order chi connectivity index (χ0) is 23.4. The van der Waals surface area contributed by atoms with E-state index in [1.807, 2.05) is 0 Å². The molecule has 7 nitrogen and oxygen atoms in total. The second kappa shape index (κ2) is 12.9. The summed E-state index contributed by atoms with van der Waals surface area (Å²) in [5.41, 5.74) is -1.09. The van der Waals surface area contributed by atoms with Crippen molar-refractivity contribution in [3.8, 4) is 5.75 Å². The normalized spacial score (nSPS) is 13.6. The molecule has 1 rings (SSSR count). The van der Waals surface area contributed by atoms with Gasteiger partial charge in [0.2, 0.25) is 0 Å². The minimum atomic E-state index is -1.46. The number of aliphatic hydroxyl groups is 1.